The van der Waals surface area contributed by atoms with Gasteiger partial charge in [0.05, 0.1) is 18.7 Å². The number of benzene rings is 3. The van der Waals surface area contributed by atoms with Crippen LogP contribution in [0.15, 0.2) is 78.6 Å². The van der Waals surface area contributed by atoms with Crippen LogP contribution in [-0.2, 0) is 9.53 Å². The number of ether oxygens (including phenoxy) is 1. The first-order valence-corrected chi connectivity index (χ1v) is 9.68. The van der Waals surface area contributed by atoms with Gasteiger partial charge in [0.25, 0.3) is 5.91 Å². The molecule has 1 aliphatic rings. The topological polar surface area (TPSA) is 66.8 Å². The average Bonchev–Trinajstić information content (AvgIpc) is 3.05. The molecule has 3 aromatic carbocycles. The van der Waals surface area contributed by atoms with Crippen molar-refractivity contribution >= 4 is 23.1 Å². The number of rotatable bonds is 4. The molecule has 1 N–H and O–H groups in total. The number of carbonyl (C=O) groups is 2. The van der Waals surface area contributed by atoms with Crippen LogP contribution in [0.5, 0.6) is 0 Å². The highest BCUT2D eigenvalue weighted by atomic mass is 19.1. The van der Waals surface area contributed by atoms with E-state index in [2.05, 4.69) is 0 Å². The lowest BCUT2D eigenvalue weighted by atomic mass is 9.92. The highest BCUT2D eigenvalue weighted by Gasteiger charge is 2.42. The van der Waals surface area contributed by atoms with Gasteiger partial charge in [-0.25, -0.2) is 9.18 Å². The molecule has 6 heteroatoms. The van der Waals surface area contributed by atoms with Crippen LogP contribution < -0.4 is 4.90 Å². The van der Waals surface area contributed by atoms with E-state index in [1.807, 2.05) is 31.2 Å². The summed E-state index contributed by atoms with van der Waals surface area (Å²) in [7, 11) is 1.30. The highest BCUT2D eigenvalue weighted by molar-refractivity contribution is 6.16. The van der Waals surface area contributed by atoms with Crippen LogP contribution in [0.2, 0.25) is 0 Å². The molecule has 4 rings (SSSR count). The third kappa shape index (κ3) is 3.68. The summed E-state index contributed by atoms with van der Waals surface area (Å²) in [6, 6.07) is 19.0. The molecule has 31 heavy (non-hydrogen) atoms. The molecule has 0 radical (unpaired) electrons. The molecule has 1 atom stereocenters. The number of aryl methyl sites for hydroxylation is 1. The smallest absolute Gasteiger partial charge is 0.337 e. The van der Waals surface area contributed by atoms with Gasteiger partial charge in [-0.15, -0.1) is 0 Å². The fourth-order valence-corrected chi connectivity index (χ4v) is 3.74. The van der Waals surface area contributed by atoms with Gasteiger partial charge in [0.1, 0.15) is 5.82 Å². The fourth-order valence-electron chi connectivity index (χ4n) is 3.74. The summed E-state index contributed by atoms with van der Waals surface area (Å²) in [5.74, 6) is -1.84. The molecule has 0 fully saturated rings. The van der Waals surface area contributed by atoms with Crippen molar-refractivity contribution < 1.29 is 23.8 Å². The monoisotopic (exact) mass is 417 g/mol. The van der Waals surface area contributed by atoms with E-state index >= 15 is 0 Å². The Morgan fingerprint density at radius 2 is 1.58 bits per heavy atom. The number of amides is 1. The van der Waals surface area contributed by atoms with Gasteiger partial charge in [-0.05, 0) is 54.4 Å². The second-order valence-corrected chi connectivity index (χ2v) is 7.30. The van der Waals surface area contributed by atoms with E-state index < -0.39 is 23.7 Å². The predicted octanol–water partition coefficient (Wildman–Crippen LogP) is 4.98. The molecule has 156 valence electrons. The minimum atomic E-state index is -0.660. The van der Waals surface area contributed by atoms with Crippen molar-refractivity contribution in [1.82, 2.24) is 0 Å². The largest absolute Gasteiger partial charge is 0.503 e. The van der Waals surface area contributed by atoms with Gasteiger partial charge in [-0.1, -0.05) is 42.0 Å². The Bertz CT molecular complexity index is 1170. The molecule has 0 saturated heterocycles. The van der Waals surface area contributed by atoms with E-state index in [0.29, 0.717) is 28.0 Å². The Morgan fingerprint density at radius 1 is 0.968 bits per heavy atom. The number of hydrogen-bond acceptors (Lipinski definition) is 4. The van der Waals surface area contributed by atoms with Crippen molar-refractivity contribution in [1.29, 1.82) is 0 Å². The number of methoxy groups -OCH3 is 1. The number of halogens is 1. The molecule has 1 heterocycles. The number of nitrogens with zero attached hydrogens (tertiary/aromatic N) is 1. The zero-order valence-electron chi connectivity index (χ0n) is 17.0. The third-order valence-electron chi connectivity index (χ3n) is 5.32. The average molecular weight is 417 g/mol. The third-order valence-corrected chi connectivity index (χ3v) is 5.32. The van der Waals surface area contributed by atoms with Crippen molar-refractivity contribution in [3.8, 4) is 0 Å². The van der Waals surface area contributed by atoms with Crippen LogP contribution in [0.25, 0.3) is 5.57 Å². The Morgan fingerprint density at radius 3 is 2.16 bits per heavy atom. The Balaban J connectivity index is 1.86. The first kappa shape index (κ1) is 20.3. The number of anilines is 1. The van der Waals surface area contributed by atoms with Crippen molar-refractivity contribution in [3.63, 3.8) is 0 Å². The molecule has 1 aliphatic heterocycles. The van der Waals surface area contributed by atoms with Crippen molar-refractivity contribution in [3.05, 3.63) is 107 Å². The molecule has 0 aromatic heterocycles. The summed E-state index contributed by atoms with van der Waals surface area (Å²) in [6.45, 7) is 1.95. The van der Waals surface area contributed by atoms with Gasteiger partial charge < -0.3 is 9.84 Å². The van der Waals surface area contributed by atoms with E-state index in [4.69, 9.17) is 4.74 Å². The van der Waals surface area contributed by atoms with Crippen LogP contribution in [0.4, 0.5) is 10.1 Å². The van der Waals surface area contributed by atoms with E-state index in [-0.39, 0.29) is 5.76 Å². The number of aliphatic hydroxyl groups excluding tert-OH is 1. The first-order chi connectivity index (χ1) is 14.9. The second-order valence-electron chi connectivity index (χ2n) is 7.30. The van der Waals surface area contributed by atoms with Crippen LogP contribution in [0.1, 0.15) is 33.1 Å². The standard InChI is InChI=1S/C25H20FNO4/c1-15-3-5-16(6-4-15)21-22(17-7-9-18(10-8-17)25(30)31-2)27(24(29)23(21)28)20-13-11-19(26)12-14-20/h3-14,22,28H,1-2H3/t22-/m0/s1. The summed E-state index contributed by atoms with van der Waals surface area (Å²) in [5, 5.41) is 10.8. The van der Waals surface area contributed by atoms with E-state index in [0.717, 1.165) is 5.56 Å². The van der Waals surface area contributed by atoms with E-state index in [1.165, 1.54) is 36.3 Å². The molecule has 0 bridgehead atoms. The maximum Gasteiger partial charge on any atom is 0.337 e. The van der Waals surface area contributed by atoms with Gasteiger partial charge in [-0.2, -0.15) is 0 Å². The number of esters is 1. The van der Waals surface area contributed by atoms with Gasteiger partial charge in [-0.3, -0.25) is 9.69 Å². The molecule has 0 spiro atoms. The molecule has 5 nitrogen and oxygen atoms in total. The van der Waals surface area contributed by atoms with E-state index in [1.54, 1.807) is 24.3 Å². The summed E-state index contributed by atoms with van der Waals surface area (Å²) in [4.78, 5) is 26.3. The molecular formula is C25H20FNO4. The Hall–Kier alpha value is -3.93. The number of hydrogen-bond donors (Lipinski definition) is 1. The fraction of sp³-hybridized carbons (Fsp3) is 0.120. The molecule has 0 aliphatic carbocycles. The molecule has 3 aromatic rings. The normalized spacial score (nSPS) is 16.0. The summed E-state index contributed by atoms with van der Waals surface area (Å²) in [5.41, 5.74) is 3.69. The quantitative estimate of drug-likeness (QED) is 0.608. The van der Waals surface area contributed by atoms with E-state index in [9.17, 15) is 19.1 Å². The molecule has 1 amide bonds. The van der Waals surface area contributed by atoms with Crippen molar-refractivity contribution in [2.45, 2.75) is 13.0 Å². The lowest BCUT2D eigenvalue weighted by Gasteiger charge is -2.27. The van der Waals surface area contributed by atoms with Gasteiger partial charge in [0, 0.05) is 11.3 Å². The van der Waals surface area contributed by atoms with Crippen LogP contribution >= 0.6 is 0 Å². The lowest BCUT2D eigenvalue weighted by Crippen LogP contribution is -2.30. The SMILES string of the molecule is COC(=O)c1ccc([C@H]2C(c3ccc(C)cc3)=C(O)C(=O)N2c2ccc(F)cc2)cc1. The number of carbonyl (C=O) groups excluding carboxylic acids is 2. The van der Waals surface area contributed by atoms with Crippen molar-refractivity contribution in [2.75, 3.05) is 12.0 Å². The minimum Gasteiger partial charge on any atom is -0.503 e. The summed E-state index contributed by atoms with van der Waals surface area (Å²) < 4.78 is 18.2. The maximum absolute atomic E-state index is 13.5. The Kier molecular flexibility index (Phi) is 5.29. The second kappa shape index (κ2) is 8.07. The molecular weight excluding hydrogens is 397 g/mol. The van der Waals surface area contributed by atoms with Gasteiger partial charge in [0.2, 0.25) is 0 Å². The Labute approximate surface area is 179 Å². The molecule has 0 unspecified atom stereocenters. The van der Waals surface area contributed by atoms with Crippen LogP contribution in [0, 0.1) is 12.7 Å². The zero-order valence-corrected chi connectivity index (χ0v) is 17.0. The highest BCUT2D eigenvalue weighted by Crippen LogP contribution is 2.45. The van der Waals surface area contributed by atoms with Gasteiger partial charge >= 0.3 is 5.97 Å². The van der Waals surface area contributed by atoms with Crippen molar-refractivity contribution in [2.24, 2.45) is 0 Å². The summed E-state index contributed by atoms with van der Waals surface area (Å²) in [6.07, 6.45) is 0. The lowest BCUT2D eigenvalue weighted by molar-refractivity contribution is -0.117. The maximum atomic E-state index is 13.5. The van der Waals surface area contributed by atoms with Crippen LogP contribution in [0.3, 0.4) is 0 Å². The zero-order chi connectivity index (χ0) is 22.1. The van der Waals surface area contributed by atoms with Gasteiger partial charge in [0.15, 0.2) is 5.76 Å². The summed E-state index contributed by atoms with van der Waals surface area (Å²) >= 11 is 0. The van der Waals surface area contributed by atoms with Crippen LogP contribution in [-0.4, -0.2) is 24.1 Å². The minimum absolute atomic E-state index is 0.366. The first-order valence-electron chi connectivity index (χ1n) is 9.68. The predicted molar refractivity (Wildman–Crippen MR) is 115 cm³/mol. The molecule has 0 saturated carbocycles. The number of aliphatic hydroxyl groups is 1.